The first-order chi connectivity index (χ1) is 16.7. The molecule has 10 nitrogen and oxygen atoms in total. The van der Waals surface area contributed by atoms with Crippen molar-refractivity contribution in [3.63, 3.8) is 0 Å². The van der Waals surface area contributed by atoms with Gasteiger partial charge in [0.15, 0.2) is 11.6 Å². The summed E-state index contributed by atoms with van der Waals surface area (Å²) in [5.74, 6) is 3.48. The molecule has 35 heavy (non-hydrogen) atoms. The molecule has 186 valence electrons. The topological polar surface area (TPSA) is 108 Å². The van der Waals surface area contributed by atoms with Crippen LogP contribution in [0.4, 0.5) is 4.79 Å². The number of hydrogen-bond donors (Lipinski definition) is 0. The average Bonchev–Trinajstić information content (AvgIpc) is 3.36. The van der Waals surface area contributed by atoms with Gasteiger partial charge in [0.05, 0.1) is 18.8 Å². The Balaban J connectivity index is 1.40. The normalized spacial score (nSPS) is 20.6. The van der Waals surface area contributed by atoms with Gasteiger partial charge in [-0.1, -0.05) is 16.8 Å². The van der Waals surface area contributed by atoms with Gasteiger partial charge in [-0.05, 0) is 77.1 Å². The van der Waals surface area contributed by atoms with Crippen LogP contribution >= 0.6 is 11.6 Å². The van der Waals surface area contributed by atoms with Crippen molar-refractivity contribution in [1.29, 1.82) is 0 Å². The first-order valence-electron chi connectivity index (χ1n) is 11.9. The molecular weight excluding hydrogens is 472 g/mol. The summed E-state index contributed by atoms with van der Waals surface area (Å²) in [4.78, 5) is 22.3. The number of carbonyl (C=O) groups excluding carboxylic acids is 1. The van der Waals surface area contributed by atoms with Gasteiger partial charge in [0.25, 0.3) is 0 Å². The molecule has 3 aromatic rings. The number of aromatic nitrogens is 5. The molecule has 0 saturated heterocycles. The van der Waals surface area contributed by atoms with E-state index in [1.54, 1.807) is 20.8 Å². The van der Waals surface area contributed by atoms with E-state index in [9.17, 15) is 4.79 Å². The van der Waals surface area contributed by atoms with Crippen LogP contribution in [0.5, 0.6) is 0 Å². The lowest BCUT2D eigenvalue weighted by atomic mass is 9.81. The molecule has 5 rings (SSSR count). The minimum absolute atomic E-state index is 0.235. The van der Waals surface area contributed by atoms with Crippen LogP contribution in [0.2, 0.25) is 5.02 Å². The lowest BCUT2D eigenvalue weighted by Crippen LogP contribution is -2.31. The molecule has 0 unspecified atom stereocenters. The van der Waals surface area contributed by atoms with E-state index in [-0.39, 0.29) is 18.4 Å². The van der Waals surface area contributed by atoms with Crippen LogP contribution in [0, 0.1) is 6.92 Å². The lowest BCUT2D eigenvalue weighted by molar-refractivity contribution is -0.155. The Labute approximate surface area is 208 Å². The molecule has 0 atom stereocenters. The fourth-order valence-electron chi connectivity index (χ4n) is 4.78. The quantitative estimate of drug-likeness (QED) is 0.446. The summed E-state index contributed by atoms with van der Waals surface area (Å²) in [6.45, 7) is 7.84. The molecule has 1 aromatic carbocycles. The smallest absolute Gasteiger partial charge is 0.427 e. The van der Waals surface area contributed by atoms with Gasteiger partial charge in [-0.15, -0.1) is 15.3 Å². The molecule has 1 fully saturated rings. The van der Waals surface area contributed by atoms with Crippen LogP contribution in [0.15, 0.2) is 22.7 Å². The zero-order valence-electron chi connectivity index (χ0n) is 20.3. The highest BCUT2D eigenvalue weighted by Crippen LogP contribution is 2.41. The lowest BCUT2D eigenvalue weighted by Gasteiger charge is -2.26. The number of halogens is 1. The summed E-state index contributed by atoms with van der Waals surface area (Å²) in [5, 5.41) is 15.2. The van der Waals surface area contributed by atoms with Crippen molar-refractivity contribution >= 4 is 17.8 Å². The Morgan fingerprint density at radius 1 is 1.11 bits per heavy atom. The molecule has 3 heterocycles. The highest BCUT2D eigenvalue weighted by molar-refractivity contribution is 6.30. The summed E-state index contributed by atoms with van der Waals surface area (Å²) >= 11 is 6.32. The summed E-state index contributed by atoms with van der Waals surface area (Å²) in [5.41, 5.74) is 1.20. The minimum Gasteiger partial charge on any atom is -0.427 e. The Bertz CT molecular complexity index is 1230. The van der Waals surface area contributed by atoms with Gasteiger partial charge in [0, 0.05) is 16.9 Å². The SMILES string of the molecule is Cc1noc(C2CCC(c3nnc4n3-c3ccc(Cl)cc3CN(OC(=O)OC(C)(C)C)C4)CC2)n1. The van der Waals surface area contributed by atoms with E-state index < -0.39 is 11.8 Å². The van der Waals surface area contributed by atoms with E-state index in [2.05, 4.69) is 24.9 Å². The van der Waals surface area contributed by atoms with Gasteiger partial charge in [0.2, 0.25) is 5.89 Å². The largest absolute Gasteiger partial charge is 0.528 e. The van der Waals surface area contributed by atoms with Gasteiger partial charge in [0.1, 0.15) is 11.4 Å². The molecule has 0 amide bonds. The number of rotatable bonds is 3. The Morgan fingerprint density at radius 2 is 1.86 bits per heavy atom. The second kappa shape index (κ2) is 9.23. The van der Waals surface area contributed by atoms with E-state index in [4.69, 9.17) is 25.7 Å². The molecule has 2 aliphatic rings. The van der Waals surface area contributed by atoms with Crippen LogP contribution in [0.3, 0.4) is 0 Å². The number of benzene rings is 1. The van der Waals surface area contributed by atoms with Gasteiger partial charge < -0.3 is 14.1 Å². The Morgan fingerprint density at radius 3 is 2.54 bits per heavy atom. The van der Waals surface area contributed by atoms with Crippen molar-refractivity contribution in [3.05, 3.63) is 52.1 Å². The fourth-order valence-corrected chi connectivity index (χ4v) is 4.97. The molecule has 1 aliphatic heterocycles. The van der Waals surface area contributed by atoms with Crippen molar-refractivity contribution in [1.82, 2.24) is 30.0 Å². The van der Waals surface area contributed by atoms with Crippen molar-refractivity contribution < 1.29 is 18.9 Å². The molecule has 2 aromatic heterocycles. The van der Waals surface area contributed by atoms with E-state index in [0.29, 0.717) is 23.2 Å². The molecule has 0 N–H and O–H groups in total. The Kier molecular flexibility index (Phi) is 6.27. The number of hydrogen-bond acceptors (Lipinski definition) is 9. The maximum absolute atomic E-state index is 12.4. The summed E-state index contributed by atoms with van der Waals surface area (Å²) in [6.07, 6.45) is 2.99. The maximum atomic E-state index is 12.4. The van der Waals surface area contributed by atoms with E-state index in [1.165, 1.54) is 5.06 Å². The molecule has 0 radical (unpaired) electrons. The third-order valence-corrected chi connectivity index (χ3v) is 6.52. The molecular formula is C24H29ClN6O4. The average molecular weight is 501 g/mol. The van der Waals surface area contributed by atoms with Crippen LogP contribution in [-0.4, -0.2) is 41.7 Å². The predicted octanol–water partition coefficient (Wildman–Crippen LogP) is 5.24. The summed E-state index contributed by atoms with van der Waals surface area (Å²) in [6, 6.07) is 5.71. The number of ether oxygens (including phenoxy) is 1. The summed E-state index contributed by atoms with van der Waals surface area (Å²) < 4.78 is 12.8. The summed E-state index contributed by atoms with van der Waals surface area (Å²) in [7, 11) is 0. The second-order valence-corrected chi connectivity index (χ2v) is 10.6. The van der Waals surface area contributed by atoms with Crippen molar-refractivity contribution in [2.24, 2.45) is 0 Å². The highest BCUT2D eigenvalue weighted by atomic mass is 35.5. The zero-order chi connectivity index (χ0) is 24.7. The maximum Gasteiger partial charge on any atom is 0.528 e. The zero-order valence-corrected chi connectivity index (χ0v) is 21.1. The van der Waals surface area contributed by atoms with Crippen LogP contribution in [0.25, 0.3) is 5.69 Å². The van der Waals surface area contributed by atoms with Crippen LogP contribution < -0.4 is 0 Å². The first kappa shape index (κ1) is 23.7. The molecule has 0 spiro atoms. The van der Waals surface area contributed by atoms with E-state index in [1.807, 2.05) is 25.1 Å². The van der Waals surface area contributed by atoms with Gasteiger partial charge in [-0.3, -0.25) is 4.57 Å². The molecule has 11 heteroatoms. The number of aryl methyl sites for hydroxylation is 1. The molecule has 1 saturated carbocycles. The van der Waals surface area contributed by atoms with E-state index in [0.717, 1.165) is 48.6 Å². The van der Waals surface area contributed by atoms with Crippen LogP contribution in [-0.2, 0) is 22.7 Å². The number of hydroxylamine groups is 2. The second-order valence-electron chi connectivity index (χ2n) is 10.2. The third-order valence-electron chi connectivity index (χ3n) is 6.28. The Hall–Kier alpha value is -2.98. The van der Waals surface area contributed by atoms with Gasteiger partial charge in [-0.2, -0.15) is 4.98 Å². The van der Waals surface area contributed by atoms with Gasteiger partial charge in [-0.25, -0.2) is 4.79 Å². The molecule has 1 aliphatic carbocycles. The van der Waals surface area contributed by atoms with E-state index >= 15 is 0 Å². The minimum atomic E-state index is -0.760. The standard InChI is InChI=1S/C24H29ClN6O4/c1-14-26-22(34-29-14)16-7-5-15(6-8-16)21-28-27-20-13-30(35-23(32)33-24(2,3)4)12-17-11-18(25)9-10-19(17)31(20)21/h9-11,15-16H,5-8,12-13H2,1-4H3. The third kappa shape index (κ3) is 5.18. The van der Waals surface area contributed by atoms with Crippen molar-refractivity contribution in [3.8, 4) is 5.69 Å². The van der Waals surface area contributed by atoms with Crippen molar-refractivity contribution in [2.45, 2.75) is 83.9 Å². The number of nitrogens with zero attached hydrogens (tertiary/aromatic N) is 6. The molecule has 0 bridgehead atoms. The predicted molar refractivity (Wildman–Crippen MR) is 126 cm³/mol. The fraction of sp³-hybridized carbons (Fsp3) is 0.542. The van der Waals surface area contributed by atoms with Gasteiger partial charge >= 0.3 is 6.16 Å². The highest BCUT2D eigenvalue weighted by Gasteiger charge is 2.33. The monoisotopic (exact) mass is 500 g/mol. The number of fused-ring (bicyclic) bond motifs is 3. The first-order valence-corrected chi connectivity index (χ1v) is 12.2. The number of carbonyl (C=O) groups is 1. The van der Waals surface area contributed by atoms with Crippen LogP contribution in [0.1, 0.15) is 87.2 Å². The van der Waals surface area contributed by atoms with Crippen molar-refractivity contribution in [2.75, 3.05) is 0 Å².